The predicted molar refractivity (Wildman–Crippen MR) is 96.8 cm³/mol. The lowest BCUT2D eigenvalue weighted by Crippen LogP contribution is -2.19. The Bertz CT molecular complexity index is 1140. The Morgan fingerprint density at radius 2 is 1.73 bits per heavy atom. The first-order valence-electron chi connectivity index (χ1n) is 8.08. The average Bonchev–Trinajstić information content (AvgIpc) is 3.21. The minimum atomic E-state index is -0.245. The number of nitrogens with two attached hydrogens (primary N) is 1. The second kappa shape index (κ2) is 6.10. The van der Waals surface area contributed by atoms with Crippen LogP contribution in [0, 0.1) is 0 Å². The number of aryl methyl sites for hydroxylation is 2. The topological polar surface area (TPSA) is 136 Å². The van der Waals surface area contributed by atoms with Crippen LogP contribution in [0.5, 0.6) is 0 Å². The van der Waals surface area contributed by atoms with Gasteiger partial charge in [-0.1, -0.05) is 0 Å². The van der Waals surface area contributed by atoms with Gasteiger partial charge in [0.2, 0.25) is 5.95 Å². The molecule has 0 atom stereocenters. The summed E-state index contributed by atoms with van der Waals surface area (Å²) in [6, 6.07) is 0. The molecular weight excluding hydrogens is 336 g/mol. The Hall–Kier alpha value is -3.50. The van der Waals surface area contributed by atoms with Gasteiger partial charge in [-0.25, -0.2) is 19.9 Å². The van der Waals surface area contributed by atoms with E-state index in [1.165, 1.54) is 6.33 Å². The Balaban J connectivity index is 1.56. The fourth-order valence-electron chi connectivity index (χ4n) is 2.79. The first kappa shape index (κ1) is 16.0. The summed E-state index contributed by atoms with van der Waals surface area (Å²) in [4.78, 5) is 37.7. The molecule has 0 bridgehead atoms. The summed E-state index contributed by atoms with van der Waals surface area (Å²) in [5.41, 5.74) is 7.77. The lowest BCUT2D eigenvalue weighted by atomic mass is 10.4. The third kappa shape index (κ3) is 2.62. The second-order valence-electron chi connectivity index (χ2n) is 6.12. The number of aromatic nitrogens is 8. The van der Waals surface area contributed by atoms with E-state index in [-0.39, 0.29) is 5.56 Å². The van der Waals surface area contributed by atoms with E-state index in [4.69, 9.17) is 5.73 Å². The van der Waals surface area contributed by atoms with Crippen molar-refractivity contribution in [2.45, 2.75) is 19.5 Å². The van der Waals surface area contributed by atoms with E-state index < -0.39 is 0 Å². The van der Waals surface area contributed by atoms with Gasteiger partial charge in [-0.05, 0) is 6.42 Å². The standard InChI is InChI=1S/C15H18N10O/c1-23(2)15-21-13-10(14(26)22-15)20-8-25(13)5-3-4-24-7-19-9-11(16)17-6-18-12(9)24/h6-8H,3-5H2,1-2H3,(H2,16,17,18)(H,21,22,26). The normalized spacial score (nSPS) is 11.5. The minimum Gasteiger partial charge on any atom is -0.382 e. The SMILES string of the molecule is CN(C)c1nc2c(ncn2CCCn2cnc3c(N)ncnc32)c(=O)[nH]1. The van der Waals surface area contributed by atoms with Crippen molar-refractivity contribution in [3.63, 3.8) is 0 Å². The summed E-state index contributed by atoms with van der Waals surface area (Å²) in [6.45, 7) is 1.34. The van der Waals surface area contributed by atoms with E-state index in [9.17, 15) is 4.79 Å². The van der Waals surface area contributed by atoms with Crippen molar-refractivity contribution >= 4 is 34.1 Å². The lowest BCUT2D eigenvalue weighted by Gasteiger charge is -2.11. The molecule has 0 spiro atoms. The fraction of sp³-hybridized carbons (Fsp3) is 0.333. The molecule has 134 valence electrons. The molecule has 3 N–H and O–H groups in total. The summed E-state index contributed by atoms with van der Waals surface area (Å²) in [6.07, 6.45) is 5.55. The van der Waals surface area contributed by atoms with E-state index in [0.717, 1.165) is 6.42 Å². The minimum absolute atomic E-state index is 0.245. The summed E-state index contributed by atoms with van der Waals surface area (Å²) in [5.74, 6) is 0.867. The molecule has 4 rings (SSSR count). The van der Waals surface area contributed by atoms with Gasteiger partial charge in [0, 0.05) is 27.2 Å². The molecule has 11 heteroatoms. The van der Waals surface area contributed by atoms with Gasteiger partial charge >= 0.3 is 0 Å². The number of nitrogens with one attached hydrogen (secondary N) is 1. The highest BCUT2D eigenvalue weighted by Crippen LogP contribution is 2.15. The molecule has 0 aliphatic rings. The van der Waals surface area contributed by atoms with Crippen LogP contribution in [0.3, 0.4) is 0 Å². The van der Waals surface area contributed by atoms with Gasteiger partial charge in [-0.15, -0.1) is 0 Å². The van der Waals surface area contributed by atoms with E-state index in [1.54, 1.807) is 17.6 Å². The molecule has 26 heavy (non-hydrogen) atoms. The maximum Gasteiger partial charge on any atom is 0.280 e. The van der Waals surface area contributed by atoms with Crippen LogP contribution in [0.4, 0.5) is 11.8 Å². The molecule has 4 aromatic heterocycles. The molecule has 0 aliphatic heterocycles. The zero-order valence-corrected chi connectivity index (χ0v) is 14.4. The predicted octanol–water partition coefficient (Wildman–Crippen LogP) is -0.00220. The van der Waals surface area contributed by atoms with Gasteiger partial charge < -0.3 is 19.8 Å². The second-order valence-corrected chi connectivity index (χ2v) is 6.12. The summed E-state index contributed by atoms with van der Waals surface area (Å²) >= 11 is 0. The Morgan fingerprint density at radius 1 is 1.04 bits per heavy atom. The number of aromatic amines is 1. The molecule has 0 saturated carbocycles. The summed E-state index contributed by atoms with van der Waals surface area (Å²) in [7, 11) is 3.64. The van der Waals surface area contributed by atoms with Crippen LogP contribution in [-0.4, -0.2) is 53.1 Å². The Labute approximate surface area is 147 Å². The third-order valence-corrected chi connectivity index (χ3v) is 4.11. The monoisotopic (exact) mass is 354 g/mol. The zero-order chi connectivity index (χ0) is 18.3. The van der Waals surface area contributed by atoms with Crippen molar-refractivity contribution in [3.8, 4) is 0 Å². The van der Waals surface area contributed by atoms with Crippen molar-refractivity contribution < 1.29 is 0 Å². The molecule has 4 aromatic rings. The maximum absolute atomic E-state index is 12.1. The zero-order valence-electron chi connectivity index (χ0n) is 14.4. The molecule has 4 heterocycles. The highest BCUT2D eigenvalue weighted by atomic mass is 16.1. The highest BCUT2D eigenvalue weighted by Gasteiger charge is 2.12. The molecule has 0 radical (unpaired) electrons. The van der Waals surface area contributed by atoms with E-state index >= 15 is 0 Å². The van der Waals surface area contributed by atoms with Crippen LogP contribution >= 0.6 is 0 Å². The molecule has 0 aromatic carbocycles. The molecule has 0 saturated heterocycles. The van der Waals surface area contributed by atoms with Gasteiger partial charge in [0.1, 0.15) is 11.8 Å². The van der Waals surface area contributed by atoms with Crippen molar-refractivity contribution in [2.75, 3.05) is 24.7 Å². The lowest BCUT2D eigenvalue weighted by molar-refractivity contribution is 0.575. The molecule has 0 aliphatic carbocycles. The van der Waals surface area contributed by atoms with Crippen LogP contribution in [0.25, 0.3) is 22.3 Å². The van der Waals surface area contributed by atoms with E-state index in [1.807, 2.05) is 23.2 Å². The summed E-state index contributed by atoms with van der Waals surface area (Å²) in [5, 5.41) is 0. The maximum atomic E-state index is 12.1. The van der Waals surface area contributed by atoms with Gasteiger partial charge in [-0.3, -0.25) is 9.78 Å². The van der Waals surface area contributed by atoms with Crippen molar-refractivity contribution in [1.29, 1.82) is 0 Å². The molecule has 0 fully saturated rings. The van der Waals surface area contributed by atoms with Crippen LogP contribution < -0.4 is 16.2 Å². The van der Waals surface area contributed by atoms with Crippen LogP contribution in [0.15, 0.2) is 23.8 Å². The Kier molecular flexibility index (Phi) is 3.75. The Morgan fingerprint density at radius 3 is 2.46 bits per heavy atom. The number of anilines is 2. The molecule has 0 unspecified atom stereocenters. The number of rotatable bonds is 5. The molecule has 0 amide bonds. The van der Waals surface area contributed by atoms with Crippen LogP contribution in [0.2, 0.25) is 0 Å². The number of hydrogen-bond acceptors (Lipinski definition) is 8. The van der Waals surface area contributed by atoms with Crippen molar-refractivity contribution in [2.24, 2.45) is 0 Å². The highest BCUT2D eigenvalue weighted by molar-refractivity contribution is 5.81. The molecular formula is C15H18N10O. The van der Waals surface area contributed by atoms with Gasteiger partial charge in [0.25, 0.3) is 5.56 Å². The average molecular weight is 354 g/mol. The third-order valence-electron chi connectivity index (χ3n) is 4.11. The number of imidazole rings is 2. The largest absolute Gasteiger partial charge is 0.382 e. The molecule has 11 nitrogen and oxygen atoms in total. The van der Waals surface area contributed by atoms with Crippen LogP contribution in [-0.2, 0) is 13.1 Å². The number of H-pyrrole nitrogens is 1. The number of nitrogens with zero attached hydrogens (tertiary/aromatic N) is 8. The quantitative estimate of drug-likeness (QED) is 0.511. The van der Waals surface area contributed by atoms with Gasteiger partial charge in [-0.2, -0.15) is 4.98 Å². The van der Waals surface area contributed by atoms with Crippen molar-refractivity contribution in [3.05, 3.63) is 29.3 Å². The van der Waals surface area contributed by atoms with E-state index in [0.29, 0.717) is 47.2 Å². The van der Waals surface area contributed by atoms with Gasteiger partial charge in [0.15, 0.2) is 22.6 Å². The number of hydrogen-bond donors (Lipinski definition) is 2. The number of fused-ring (bicyclic) bond motifs is 2. The fourth-order valence-corrected chi connectivity index (χ4v) is 2.79. The number of nitrogen functional groups attached to an aromatic ring is 1. The first-order valence-corrected chi connectivity index (χ1v) is 8.08. The van der Waals surface area contributed by atoms with Gasteiger partial charge in [0.05, 0.1) is 12.7 Å². The van der Waals surface area contributed by atoms with Crippen molar-refractivity contribution in [1.82, 2.24) is 39.0 Å². The smallest absolute Gasteiger partial charge is 0.280 e. The van der Waals surface area contributed by atoms with Crippen LogP contribution in [0.1, 0.15) is 6.42 Å². The van der Waals surface area contributed by atoms with E-state index in [2.05, 4.69) is 29.9 Å². The first-order chi connectivity index (χ1) is 12.5. The summed E-state index contributed by atoms with van der Waals surface area (Å²) < 4.78 is 3.80.